The van der Waals surface area contributed by atoms with Crippen LogP contribution in [0.3, 0.4) is 0 Å². The van der Waals surface area contributed by atoms with Crippen molar-refractivity contribution in [2.45, 2.75) is 12.8 Å². The summed E-state index contributed by atoms with van der Waals surface area (Å²) in [6, 6.07) is 11.7. The maximum atomic E-state index is 12.4. The van der Waals surface area contributed by atoms with Gasteiger partial charge in [-0.2, -0.15) is 0 Å². The molecule has 0 saturated heterocycles. The summed E-state index contributed by atoms with van der Waals surface area (Å²) in [5, 5.41) is 2.70. The first-order valence-electron chi connectivity index (χ1n) is 8.18. The first-order chi connectivity index (χ1) is 12.9. The molecule has 1 heterocycles. The first kappa shape index (κ1) is 18.8. The first-order valence-corrected chi connectivity index (χ1v) is 8.98. The molecule has 1 aliphatic heterocycles. The Balaban J connectivity index is 1.65. The van der Waals surface area contributed by atoms with E-state index >= 15 is 0 Å². The van der Waals surface area contributed by atoms with Crippen LogP contribution >= 0.6 is 15.9 Å². The number of benzene rings is 2. The average Bonchev–Trinajstić information content (AvgIpc) is 2.85. The van der Waals surface area contributed by atoms with Gasteiger partial charge in [0, 0.05) is 23.1 Å². The summed E-state index contributed by atoms with van der Waals surface area (Å²) in [6.45, 7) is -0.0339. The van der Waals surface area contributed by atoms with E-state index in [2.05, 4.69) is 21.2 Å². The number of carbonyl (C=O) groups excluding carboxylic acids is 4. The number of para-hydroxylation sites is 1. The van der Waals surface area contributed by atoms with Gasteiger partial charge in [0.25, 0.3) is 11.8 Å². The molecular weight excluding hydrogens is 414 g/mol. The highest BCUT2D eigenvalue weighted by Crippen LogP contribution is 2.26. The second-order valence-electron chi connectivity index (χ2n) is 6.05. The number of anilines is 1. The van der Waals surface area contributed by atoms with Crippen molar-refractivity contribution < 1.29 is 19.2 Å². The van der Waals surface area contributed by atoms with Gasteiger partial charge in [-0.3, -0.25) is 24.1 Å². The van der Waals surface area contributed by atoms with Crippen LogP contribution in [0.15, 0.2) is 46.9 Å². The lowest BCUT2D eigenvalue weighted by molar-refractivity contribution is -0.118. The average molecular weight is 430 g/mol. The predicted octanol–water partition coefficient (Wildman–Crippen LogP) is 2.10. The molecule has 0 saturated carbocycles. The van der Waals surface area contributed by atoms with E-state index in [0.29, 0.717) is 26.9 Å². The van der Waals surface area contributed by atoms with Crippen molar-refractivity contribution >= 4 is 45.2 Å². The third-order valence-corrected chi connectivity index (χ3v) is 4.64. The normalized spacial score (nSPS) is 12.9. The number of hydrogen-bond donors (Lipinski definition) is 2. The lowest BCUT2D eigenvalue weighted by Gasteiger charge is -2.14. The van der Waals surface area contributed by atoms with Crippen molar-refractivity contribution in [1.82, 2.24) is 4.90 Å². The van der Waals surface area contributed by atoms with Gasteiger partial charge in [-0.1, -0.05) is 34.1 Å². The number of nitrogens with two attached hydrogens (primary N) is 1. The summed E-state index contributed by atoms with van der Waals surface area (Å²) in [5.74, 6) is -1.71. The number of nitrogens with one attached hydrogen (secondary N) is 1. The van der Waals surface area contributed by atoms with Crippen LogP contribution in [0, 0.1) is 0 Å². The lowest BCUT2D eigenvalue weighted by atomic mass is 10.1. The monoisotopic (exact) mass is 429 g/mol. The fourth-order valence-corrected chi connectivity index (χ4v) is 3.24. The standard InChI is InChI=1S/C19H16BrN3O4/c20-12-5-6-13-14(10-12)19(27)23(18(13)26)8-7-17(25)22-15-4-2-1-3-11(15)9-16(21)24/h1-6,10H,7-9H2,(H2,21,24)(H,22,25). The van der Waals surface area contributed by atoms with Gasteiger partial charge in [0.1, 0.15) is 0 Å². The topological polar surface area (TPSA) is 110 Å². The number of carbonyl (C=O) groups is 4. The van der Waals surface area contributed by atoms with Gasteiger partial charge in [-0.25, -0.2) is 0 Å². The van der Waals surface area contributed by atoms with Crippen LogP contribution in [-0.2, 0) is 16.0 Å². The van der Waals surface area contributed by atoms with E-state index in [4.69, 9.17) is 5.73 Å². The molecule has 3 N–H and O–H groups in total. The Morgan fingerprint density at radius 2 is 1.74 bits per heavy atom. The van der Waals surface area contributed by atoms with E-state index in [1.807, 2.05) is 0 Å². The molecule has 0 radical (unpaired) electrons. The SMILES string of the molecule is NC(=O)Cc1ccccc1NC(=O)CCN1C(=O)c2ccc(Br)cc2C1=O. The Kier molecular flexibility index (Phi) is 5.36. The zero-order valence-corrected chi connectivity index (χ0v) is 15.8. The van der Waals surface area contributed by atoms with Crippen molar-refractivity contribution in [2.75, 3.05) is 11.9 Å². The fourth-order valence-electron chi connectivity index (χ4n) is 2.88. The van der Waals surface area contributed by atoms with Crippen LogP contribution in [0.5, 0.6) is 0 Å². The number of rotatable bonds is 6. The van der Waals surface area contributed by atoms with Gasteiger partial charge < -0.3 is 11.1 Å². The number of nitrogens with zero attached hydrogens (tertiary/aromatic N) is 1. The van der Waals surface area contributed by atoms with Gasteiger partial charge in [-0.05, 0) is 29.8 Å². The summed E-state index contributed by atoms with van der Waals surface area (Å²) in [5.41, 5.74) is 6.94. The van der Waals surface area contributed by atoms with Crippen LogP contribution < -0.4 is 11.1 Å². The Labute approximate surface area is 163 Å². The largest absolute Gasteiger partial charge is 0.369 e. The molecule has 0 aliphatic carbocycles. The highest BCUT2D eigenvalue weighted by molar-refractivity contribution is 9.10. The third-order valence-electron chi connectivity index (χ3n) is 4.15. The maximum Gasteiger partial charge on any atom is 0.261 e. The van der Waals surface area contributed by atoms with Crippen molar-refractivity contribution in [1.29, 1.82) is 0 Å². The molecule has 0 atom stereocenters. The minimum absolute atomic E-state index is 0.00371. The van der Waals surface area contributed by atoms with E-state index in [-0.39, 0.29) is 25.3 Å². The van der Waals surface area contributed by atoms with Gasteiger partial charge in [-0.15, -0.1) is 0 Å². The molecule has 0 fully saturated rings. The number of primary amides is 1. The van der Waals surface area contributed by atoms with Crippen molar-refractivity contribution in [2.24, 2.45) is 5.73 Å². The molecule has 7 nitrogen and oxygen atoms in total. The molecule has 0 unspecified atom stereocenters. The van der Waals surface area contributed by atoms with E-state index in [9.17, 15) is 19.2 Å². The van der Waals surface area contributed by atoms with Crippen molar-refractivity contribution in [3.63, 3.8) is 0 Å². The molecule has 0 aromatic heterocycles. The second-order valence-corrected chi connectivity index (χ2v) is 6.97. The molecule has 0 spiro atoms. The molecule has 4 amide bonds. The van der Waals surface area contributed by atoms with E-state index in [1.54, 1.807) is 42.5 Å². The zero-order valence-electron chi connectivity index (χ0n) is 14.2. The summed E-state index contributed by atoms with van der Waals surface area (Å²) < 4.78 is 0.702. The van der Waals surface area contributed by atoms with Gasteiger partial charge in [0.15, 0.2) is 0 Å². The number of fused-ring (bicyclic) bond motifs is 1. The van der Waals surface area contributed by atoms with Crippen LogP contribution in [0.4, 0.5) is 5.69 Å². The molecule has 0 bridgehead atoms. The molecule has 1 aliphatic rings. The summed E-state index contributed by atoms with van der Waals surface area (Å²) in [4.78, 5) is 49.2. The van der Waals surface area contributed by atoms with E-state index in [1.165, 1.54) is 0 Å². The maximum absolute atomic E-state index is 12.4. The highest BCUT2D eigenvalue weighted by atomic mass is 79.9. The lowest BCUT2D eigenvalue weighted by Crippen LogP contribution is -2.33. The third kappa shape index (κ3) is 4.06. The summed E-state index contributed by atoms with van der Waals surface area (Å²) in [7, 11) is 0. The number of imide groups is 1. The number of amides is 4. The molecule has 3 rings (SSSR count). The van der Waals surface area contributed by atoms with Gasteiger partial charge in [0.2, 0.25) is 11.8 Å². The van der Waals surface area contributed by atoms with E-state index < -0.39 is 17.7 Å². The Bertz CT molecular complexity index is 958. The molecular formula is C19H16BrN3O4. The van der Waals surface area contributed by atoms with Crippen LogP contribution in [0.2, 0.25) is 0 Å². The van der Waals surface area contributed by atoms with Crippen molar-refractivity contribution in [3.05, 3.63) is 63.6 Å². The summed E-state index contributed by atoms with van der Waals surface area (Å²) >= 11 is 3.28. The molecule has 2 aromatic carbocycles. The number of halogens is 1. The minimum Gasteiger partial charge on any atom is -0.369 e. The van der Waals surface area contributed by atoms with Crippen LogP contribution in [-0.4, -0.2) is 35.1 Å². The fraction of sp³-hybridized carbons (Fsp3) is 0.158. The highest BCUT2D eigenvalue weighted by Gasteiger charge is 2.35. The molecule has 2 aromatic rings. The Hall–Kier alpha value is -3.00. The minimum atomic E-state index is -0.506. The van der Waals surface area contributed by atoms with Gasteiger partial charge >= 0.3 is 0 Å². The molecule has 27 heavy (non-hydrogen) atoms. The number of hydrogen-bond acceptors (Lipinski definition) is 4. The Morgan fingerprint density at radius 3 is 2.48 bits per heavy atom. The second kappa shape index (κ2) is 7.71. The van der Waals surface area contributed by atoms with E-state index in [0.717, 1.165) is 4.90 Å². The summed E-state index contributed by atoms with van der Waals surface area (Å²) in [6.07, 6.45) is -0.0543. The zero-order chi connectivity index (χ0) is 19.6. The van der Waals surface area contributed by atoms with Crippen LogP contribution in [0.1, 0.15) is 32.7 Å². The van der Waals surface area contributed by atoms with Gasteiger partial charge in [0.05, 0.1) is 17.5 Å². The molecule has 138 valence electrons. The quantitative estimate of drug-likeness (QED) is 0.684. The predicted molar refractivity (Wildman–Crippen MR) is 102 cm³/mol. The van der Waals surface area contributed by atoms with Crippen LogP contribution in [0.25, 0.3) is 0 Å². The van der Waals surface area contributed by atoms with Crippen molar-refractivity contribution in [3.8, 4) is 0 Å². The Morgan fingerprint density at radius 1 is 1.04 bits per heavy atom. The smallest absolute Gasteiger partial charge is 0.261 e. The molecule has 8 heteroatoms.